The van der Waals surface area contributed by atoms with Gasteiger partial charge in [0.2, 0.25) is 0 Å². The summed E-state index contributed by atoms with van der Waals surface area (Å²) < 4.78 is 1.56. The SMILES string of the molecule is CC(C)NC(=O)c1cc(Cl)c(Cl)n1C. The van der Waals surface area contributed by atoms with E-state index in [1.165, 1.54) is 0 Å². The molecule has 1 aromatic rings. The molecule has 14 heavy (non-hydrogen) atoms. The molecule has 0 aliphatic carbocycles. The predicted octanol–water partition coefficient (Wildman–Crippen LogP) is 2.47. The maximum absolute atomic E-state index is 11.6. The van der Waals surface area contributed by atoms with Gasteiger partial charge in [-0.3, -0.25) is 4.79 Å². The molecule has 0 aliphatic heterocycles. The quantitative estimate of drug-likeness (QED) is 0.839. The summed E-state index contributed by atoms with van der Waals surface area (Å²) in [6, 6.07) is 1.65. The van der Waals surface area contributed by atoms with Crippen LogP contribution in [0.25, 0.3) is 0 Å². The maximum atomic E-state index is 11.6. The lowest BCUT2D eigenvalue weighted by Crippen LogP contribution is -2.31. The average Bonchev–Trinajstić information content (AvgIpc) is 2.32. The van der Waals surface area contributed by atoms with Gasteiger partial charge < -0.3 is 9.88 Å². The molecule has 3 nitrogen and oxygen atoms in total. The van der Waals surface area contributed by atoms with Gasteiger partial charge in [0.1, 0.15) is 10.8 Å². The minimum atomic E-state index is -0.170. The van der Waals surface area contributed by atoms with E-state index in [9.17, 15) is 4.79 Å². The number of hydrogen-bond donors (Lipinski definition) is 1. The molecule has 0 aliphatic rings. The van der Waals surface area contributed by atoms with E-state index in [1.54, 1.807) is 17.7 Å². The van der Waals surface area contributed by atoms with Crippen molar-refractivity contribution in [2.24, 2.45) is 7.05 Å². The Bertz CT molecular complexity index is 358. The Morgan fingerprint density at radius 3 is 2.43 bits per heavy atom. The molecule has 0 unspecified atom stereocenters. The molecule has 0 spiro atoms. The van der Waals surface area contributed by atoms with Crippen LogP contribution in [-0.4, -0.2) is 16.5 Å². The van der Waals surface area contributed by atoms with Crippen LogP contribution in [0, 0.1) is 0 Å². The van der Waals surface area contributed by atoms with Crippen molar-refractivity contribution in [1.82, 2.24) is 9.88 Å². The van der Waals surface area contributed by atoms with Crippen molar-refractivity contribution in [1.29, 1.82) is 0 Å². The minimum Gasteiger partial charge on any atom is -0.349 e. The fourth-order valence-corrected chi connectivity index (χ4v) is 1.47. The van der Waals surface area contributed by atoms with Crippen LogP contribution in [0.15, 0.2) is 6.07 Å². The Morgan fingerprint density at radius 1 is 1.50 bits per heavy atom. The molecular weight excluding hydrogens is 223 g/mol. The summed E-state index contributed by atoms with van der Waals surface area (Å²) in [5, 5.41) is 3.53. The molecule has 1 amide bonds. The summed E-state index contributed by atoms with van der Waals surface area (Å²) in [5.41, 5.74) is 0.466. The predicted molar refractivity (Wildman–Crippen MR) is 58.0 cm³/mol. The standard InChI is InChI=1S/C9H12Cl2N2O/c1-5(2)12-9(14)7-4-6(10)8(11)13(7)3/h4-5H,1-3H3,(H,12,14). The number of hydrogen-bond acceptors (Lipinski definition) is 1. The third-order valence-electron chi connectivity index (χ3n) is 1.77. The summed E-state index contributed by atoms with van der Waals surface area (Å²) in [7, 11) is 1.70. The van der Waals surface area contributed by atoms with Gasteiger partial charge in [-0.15, -0.1) is 0 Å². The maximum Gasteiger partial charge on any atom is 0.268 e. The Morgan fingerprint density at radius 2 is 2.07 bits per heavy atom. The molecule has 0 saturated carbocycles. The van der Waals surface area contributed by atoms with Crippen LogP contribution in [0.2, 0.25) is 10.2 Å². The Labute approximate surface area is 93.0 Å². The first kappa shape index (κ1) is 11.4. The minimum absolute atomic E-state index is 0.0925. The fraction of sp³-hybridized carbons (Fsp3) is 0.444. The van der Waals surface area contributed by atoms with Gasteiger partial charge in [-0.2, -0.15) is 0 Å². The fourth-order valence-electron chi connectivity index (χ4n) is 1.10. The molecule has 0 saturated heterocycles. The van der Waals surface area contributed by atoms with Crippen molar-refractivity contribution < 1.29 is 4.79 Å². The van der Waals surface area contributed by atoms with E-state index < -0.39 is 0 Å². The number of rotatable bonds is 2. The zero-order chi connectivity index (χ0) is 10.9. The van der Waals surface area contributed by atoms with Crippen molar-refractivity contribution in [2.45, 2.75) is 19.9 Å². The molecular formula is C9H12Cl2N2O. The second-order valence-electron chi connectivity index (χ2n) is 3.36. The Kier molecular flexibility index (Phi) is 3.45. The van der Waals surface area contributed by atoms with E-state index in [0.29, 0.717) is 15.9 Å². The molecule has 0 fully saturated rings. The van der Waals surface area contributed by atoms with E-state index in [0.717, 1.165) is 0 Å². The van der Waals surface area contributed by atoms with Crippen molar-refractivity contribution >= 4 is 29.1 Å². The van der Waals surface area contributed by atoms with Crippen LogP contribution >= 0.6 is 23.2 Å². The van der Waals surface area contributed by atoms with Gasteiger partial charge in [0.25, 0.3) is 5.91 Å². The lowest BCUT2D eigenvalue weighted by atomic mass is 10.3. The third-order valence-corrected chi connectivity index (χ3v) is 2.61. The normalized spacial score (nSPS) is 10.7. The number of amides is 1. The van der Waals surface area contributed by atoms with Crippen LogP contribution < -0.4 is 5.32 Å². The van der Waals surface area contributed by atoms with Crippen molar-refractivity contribution in [2.75, 3.05) is 0 Å². The van der Waals surface area contributed by atoms with Crippen molar-refractivity contribution in [3.63, 3.8) is 0 Å². The second kappa shape index (κ2) is 4.24. The number of carbonyl (C=O) groups excluding carboxylic acids is 1. The highest BCUT2D eigenvalue weighted by molar-refractivity contribution is 6.41. The summed E-state index contributed by atoms with van der Waals surface area (Å²) in [6.45, 7) is 3.79. The Balaban J connectivity index is 2.96. The summed E-state index contributed by atoms with van der Waals surface area (Å²) in [6.07, 6.45) is 0. The number of nitrogens with one attached hydrogen (secondary N) is 1. The lowest BCUT2D eigenvalue weighted by molar-refractivity contribution is 0.0935. The van der Waals surface area contributed by atoms with Crippen molar-refractivity contribution in [3.8, 4) is 0 Å². The molecule has 1 heterocycles. The van der Waals surface area contributed by atoms with E-state index >= 15 is 0 Å². The third kappa shape index (κ3) is 2.22. The highest BCUT2D eigenvalue weighted by Crippen LogP contribution is 2.24. The molecule has 0 bridgehead atoms. The van der Waals surface area contributed by atoms with Gasteiger partial charge in [0.05, 0.1) is 5.02 Å². The highest BCUT2D eigenvalue weighted by atomic mass is 35.5. The summed E-state index contributed by atoms with van der Waals surface area (Å²) in [5.74, 6) is -0.170. The molecule has 0 aromatic carbocycles. The molecule has 0 radical (unpaired) electrons. The lowest BCUT2D eigenvalue weighted by Gasteiger charge is -2.08. The van der Waals surface area contributed by atoms with E-state index in [4.69, 9.17) is 23.2 Å². The van der Waals surface area contributed by atoms with Gasteiger partial charge >= 0.3 is 0 Å². The average molecular weight is 235 g/mol. The van der Waals surface area contributed by atoms with E-state index in [-0.39, 0.29) is 11.9 Å². The molecule has 1 aromatic heterocycles. The first-order valence-electron chi connectivity index (χ1n) is 4.25. The van der Waals surface area contributed by atoms with Gasteiger partial charge in [-0.1, -0.05) is 23.2 Å². The monoisotopic (exact) mass is 234 g/mol. The highest BCUT2D eigenvalue weighted by Gasteiger charge is 2.15. The summed E-state index contributed by atoms with van der Waals surface area (Å²) >= 11 is 11.6. The number of halogens is 2. The van der Waals surface area contributed by atoms with Crippen LogP contribution in [-0.2, 0) is 7.05 Å². The number of nitrogens with zero attached hydrogens (tertiary/aromatic N) is 1. The van der Waals surface area contributed by atoms with Crippen LogP contribution in [0.3, 0.4) is 0 Å². The number of carbonyl (C=O) groups is 1. The topological polar surface area (TPSA) is 34.0 Å². The van der Waals surface area contributed by atoms with Crippen LogP contribution in [0.4, 0.5) is 0 Å². The molecule has 78 valence electrons. The van der Waals surface area contributed by atoms with E-state index in [1.807, 2.05) is 13.8 Å². The van der Waals surface area contributed by atoms with Crippen LogP contribution in [0.5, 0.6) is 0 Å². The van der Waals surface area contributed by atoms with Crippen LogP contribution in [0.1, 0.15) is 24.3 Å². The first-order valence-corrected chi connectivity index (χ1v) is 5.00. The van der Waals surface area contributed by atoms with Crippen molar-refractivity contribution in [3.05, 3.63) is 21.9 Å². The smallest absolute Gasteiger partial charge is 0.268 e. The van der Waals surface area contributed by atoms with Gasteiger partial charge in [-0.05, 0) is 19.9 Å². The van der Waals surface area contributed by atoms with Gasteiger partial charge in [-0.25, -0.2) is 0 Å². The molecule has 1 rings (SSSR count). The van der Waals surface area contributed by atoms with E-state index in [2.05, 4.69) is 5.32 Å². The van der Waals surface area contributed by atoms with Gasteiger partial charge in [0, 0.05) is 13.1 Å². The first-order chi connectivity index (χ1) is 6.43. The summed E-state index contributed by atoms with van der Waals surface area (Å²) in [4.78, 5) is 11.6. The largest absolute Gasteiger partial charge is 0.349 e. The second-order valence-corrected chi connectivity index (χ2v) is 4.12. The molecule has 0 atom stereocenters. The molecule has 1 N–H and O–H groups in total. The van der Waals surface area contributed by atoms with Gasteiger partial charge in [0.15, 0.2) is 0 Å². The zero-order valence-corrected chi connectivity index (χ0v) is 9.78. The Hall–Kier alpha value is -0.670. The molecule has 5 heteroatoms. The zero-order valence-electron chi connectivity index (χ0n) is 8.27. The number of aromatic nitrogens is 1.